The molecule has 2 aromatic rings. The van der Waals surface area contributed by atoms with Crippen molar-refractivity contribution in [2.45, 2.75) is 25.9 Å². The van der Waals surface area contributed by atoms with Gasteiger partial charge < -0.3 is 10.1 Å². The van der Waals surface area contributed by atoms with Gasteiger partial charge in [-0.25, -0.2) is 0 Å². The molecule has 1 fully saturated rings. The average molecular weight is 286 g/mol. The Morgan fingerprint density at radius 3 is 3.10 bits per heavy atom. The second-order valence-electron chi connectivity index (χ2n) is 5.71. The van der Waals surface area contributed by atoms with E-state index in [4.69, 9.17) is 4.74 Å². The standard InChI is InChI=1S/C16H22N4O/c1-12-8-17-6-5-15(12)18-9-13-4-3-7-21-16(13)14-10-19-20(2)11-14/h5-6,8,10-11,13,16H,3-4,7,9H2,1-2H3,(H,17,18)/t13-,16+/m0/s1. The monoisotopic (exact) mass is 286 g/mol. The topological polar surface area (TPSA) is 52.0 Å². The van der Waals surface area contributed by atoms with Crippen molar-refractivity contribution in [3.05, 3.63) is 42.0 Å². The molecule has 0 radical (unpaired) electrons. The molecule has 2 atom stereocenters. The molecule has 5 nitrogen and oxygen atoms in total. The van der Waals surface area contributed by atoms with Crippen LogP contribution in [0.5, 0.6) is 0 Å². The molecule has 112 valence electrons. The molecule has 1 aliphatic rings. The van der Waals surface area contributed by atoms with Gasteiger partial charge in [0.15, 0.2) is 0 Å². The van der Waals surface area contributed by atoms with Crippen LogP contribution in [0.1, 0.15) is 30.1 Å². The van der Waals surface area contributed by atoms with Crippen LogP contribution in [0.3, 0.4) is 0 Å². The average Bonchev–Trinajstić information content (AvgIpc) is 2.93. The third-order valence-corrected chi connectivity index (χ3v) is 4.07. The number of nitrogens with zero attached hydrogens (tertiary/aromatic N) is 3. The molecule has 21 heavy (non-hydrogen) atoms. The van der Waals surface area contributed by atoms with Crippen molar-refractivity contribution in [2.24, 2.45) is 13.0 Å². The van der Waals surface area contributed by atoms with E-state index >= 15 is 0 Å². The van der Waals surface area contributed by atoms with Crippen LogP contribution in [0, 0.1) is 12.8 Å². The maximum Gasteiger partial charge on any atom is 0.0900 e. The highest BCUT2D eigenvalue weighted by molar-refractivity contribution is 5.48. The number of ether oxygens (including phenoxy) is 1. The van der Waals surface area contributed by atoms with Crippen molar-refractivity contribution >= 4 is 5.69 Å². The SMILES string of the molecule is Cc1cnccc1NC[C@@H]1CCCO[C@H]1c1cnn(C)c1. The Balaban J connectivity index is 1.69. The van der Waals surface area contributed by atoms with Gasteiger partial charge in [-0.3, -0.25) is 9.67 Å². The normalized spacial score (nSPS) is 22.2. The number of aromatic nitrogens is 3. The van der Waals surface area contributed by atoms with Gasteiger partial charge in [0, 0.05) is 56.0 Å². The van der Waals surface area contributed by atoms with E-state index in [9.17, 15) is 0 Å². The Morgan fingerprint density at radius 1 is 1.43 bits per heavy atom. The van der Waals surface area contributed by atoms with Crippen molar-refractivity contribution in [3.8, 4) is 0 Å². The number of pyridine rings is 1. The van der Waals surface area contributed by atoms with E-state index in [-0.39, 0.29) is 6.10 Å². The Morgan fingerprint density at radius 2 is 2.33 bits per heavy atom. The molecule has 1 saturated heterocycles. The predicted octanol–water partition coefficient (Wildman–Crippen LogP) is 2.70. The van der Waals surface area contributed by atoms with E-state index in [0.29, 0.717) is 5.92 Å². The first-order valence-electron chi connectivity index (χ1n) is 7.48. The van der Waals surface area contributed by atoms with Gasteiger partial charge in [-0.15, -0.1) is 0 Å². The van der Waals surface area contributed by atoms with Crippen LogP contribution in [0.15, 0.2) is 30.9 Å². The van der Waals surface area contributed by atoms with Gasteiger partial charge in [-0.1, -0.05) is 0 Å². The maximum atomic E-state index is 6.00. The molecule has 0 saturated carbocycles. The Labute approximate surface area is 125 Å². The predicted molar refractivity (Wildman–Crippen MR) is 82.1 cm³/mol. The van der Waals surface area contributed by atoms with Crippen molar-refractivity contribution in [2.75, 3.05) is 18.5 Å². The molecule has 0 amide bonds. The largest absolute Gasteiger partial charge is 0.384 e. The van der Waals surface area contributed by atoms with E-state index < -0.39 is 0 Å². The fourth-order valence-electron chi connectivity index (χ4n) is 2.92. The molecule has 1 N–H and O–H groups in total. The molecule has 0 bridgehead atoms. The first-order valence-corrected chi connectivity index (χ1v) is 7.48. The van der Waals surface area contributed by atoms with Crippen molar-refractivity contribution in [1.82, 2.24) is 14.8 Å². The highest BCUT2D eigenvalue weighted by Gasteiger charge is 2.28. The summed E-state index contributed by atoms with van der Waals surface area (Å²) in [6.07, 6.45) is 10.1. The van der Waals surface area contributed by atoms with E-state index in [2.05, 4.69) is 28.5 Å². The van der Waals surface area contributed by atoms with E-state index in [1.54, 1.807) is 0 Å². The lowest BCUT2D eigenvalue weighted by Gasteiger charge is -2.31. The Bertz CT molecular complexity index is 595. The number of hydrogen-bond donors (Lipinski definition) is 1. The van der Waals surface area contributed by atoms with Crippen LogP contribution in [-0.4, -0.2) is 27.9 Å². The smallest absolute Gasteiger partial charge is 0.0900 e. The summed E-state index contributed by atoms with van der Waals surface area (Å²) < 4.78 is 7.84. The Hall–Kier alpha value is -1.88. The van der Waals surface area contributed by atoms with Crippen LogP contribution in [0.25, 0.3) is 0 Å². The minimum Gasteiger partial charge on any atom is -0.384 e. The third-order valence-electron chi connectivity index (χ3n) is 4.07. The second kappa shape index (κ2) is 6.26. The zero-order valence-electron chi connectivity index (χ0n) is 12.6. The van der Waals surface area contributed by atoms with Gasteiger partial charge in [0.25, 0.3) is 0 Å². The zero-order valence-corrected chi connectivity index (χ0v) is 12.6. The van der Waals surface area contributed by atoms with Gasteiger partial charge in [0.1, 0.15) is 0 Å². The van der Waals surface area contributed by atoms with E-state index in [0.717, 1.165) is 25.3 Å². The van der Waals surface area contributed by atoms with Crippen LogP contribution >= 0.6 is 0 Å². The molecular formula is C16H22N4O. The maximum absolute atomic E-state index is 6.00. The summed E-state index contributed by atoms with van der Waals surface area (Å²) in [4.78, 5) is 4.13. The van der Waals surface area contributed by atoms with Crippen molar-refractivity contribution in [1.29, 1.82) is 0 Å². The van der Waals surface area contributed by atoms with E-state index in [1.165, 1.54) is 17.5 Å². The van der Waals surface area contributed by atoms with E-state index in [1.807, 2.05) is 36.4 Å². The van der Waals surface area contributed by atoms with Crippen molar-refractivity contribution < 1.29 is 4.74 Å². The first-order chi connectivity index (χ1) is 10.2. The van der Waals surface area contributed by atoms with Gasteiger partial charge in [0.05, 0.1) is 12.3 Å². The molecule has 0 aliphatic carbocycles. The molecule has 2 aromatic heterocycles. The first kappa shape index (κ1) is 14.1. The second-order valence-corrected chi connectivity index (χ2v) is 5.71. The van der Waals surface area contributed by atoms with Crippen molar-refractivity contribution in [3.63, 3.8) is 0 Å². The molecule has 1 aliphatic heterocycles. The van der Waals surface area contributed by atoms with Gasteiger partial charge in [0.2, 0.25) is 0 Å². The summed E-state index contributed by atoms with van der Waals surface area (Å²) in [5.41, 5.74) is 3.50. The summed E-state index contributed by atoms with van der Waals surface area (Å²) in [5.74, 6) is 0.468. The zero-order chi connectivity index (χ0) is 14.7. The number of nitrogens with one attached hydrogen (secondary N) is 1. The number of rotatable bonds is 4. The quantitative estimate of drug-likeness (QED) is 0.939. The summed E-state index contributed by atoms with van der Waals surface area (Å²) in [7, 11) is 1.94. The van der Waals surface area contributed by atoms with Crippen LogP contribution < -0.4 is 5.32 Å². The summed E-state index contributed by atoms with van der Waals surface area (Å²) in [5, 5.41) is 7.81. The summed E-state index contributed by atoms with van der Waals surface area (Å²) >= 11 is 0. The number of anilines is 1. The molecular weight excluding hydrogens is 264 g/mol. The summed E-state index contributed by atoms with van der Waals surface area (Å²) in [6, 6.07) is 2.03. The lowest BCUT2D eigenvalue weighted by molar-refractivity contribution is -0.0238. The minimum atomic E-state index is 0.141. The number of hydrogen-bond acceptors (Lipinski definition) is 4. The fourth-order valence-corrected chi connectivity index (χ4v) is 2.92. The molecule has 0 spiro atoms. The van der Waals surface area contributed by atoms with Crippen LogP contribution in [0.4, 0.5) is 5.69 Å². The third kappa shape index (κ3) is 3.24. The summed E-state index contributed by atoms with van der Waals surface area (Å²) in [6.45, 7) is 3.82. The lowest BCUT2D eigenvalue weighted by atomic mass is 9.90. The van der Waals surface area contributed by atoms with Gasteiger partial charge >= 0.3 is 0 Å². The van der Waals surface area contributed by atoms with Crippen LogP contribution in [0.2, 0.25) is 0 Å². The highest BCUT2D eigenvalue weighted by atomic mass is 16.5. The fraction of sp³-hybridized carbons (Fsp3) is 0.500. The lowest BCUT2D eigenvalue weighted by Crippen LogP contribution is -2.28. The molecule has 5 heteroatoms. The molecule has 3 heterocycles. The molecule has 0 unspecified atom stereocenters. The van der Waals surface area contributed by atoms with Gasteiger partial charge in [-0.2, -0.15) is 5.10 Å². The van der Waals surface area contributed by atoms with Gasteiger partial charge in [-0.05, 0) is 31.4 Å². The van der Waals surface area contributed by atoms with Crippen LogP contribution in [-0.2, 0) is 11.8 Å². The Kier molecular flexibility index (Phi) is 4.20. The molecule has 0 aromatic carbocycles. The molecule has 3 rings (SSSR count). The number of aryl methyl sites for hydroxylation is 2. The minimum absolute atomic E-state index is 0.141. The highest BCUT2D eigenvalue weighted by Crippen LogP contribution is 2.33.